The van der Waals surface area contributed by atoms with Gasteiger partial charge < -0.3 is 10.6 Å². The minimum absolute atomic E-state index is 0.0692. The molecule has 1 rings (SSSR count). The molecule has 0 aromatic rings. The van der Waals surface area contributed by atoms with Gasteiger partial charge in [-0.15, -0.1) is 0 Å². The van der Waals surface area contributed by atoms with Gasteiger partial charge in [-0.1, -0.05) is 25.5 Å². The molecule has 6 heteroatoms. The molecule has 0 aromatic carbocycles. The summed E-state index contributed by atoms with van der Waals surface area (Å²) in [6.07, 6.45) is 5.01. The molecule has 1 heterocycles. The standard InChI is InChI=1S/C13H22N4O2/c1-3-5-10(2)8-15-13(19)14-7-4-6-11-9-16-17-12(11)18/h9,11H,2-8H2,1H3,(H,17,18)(H2,14,15,19). The third-order valence-electron chi connectivity index (χ3n) is 2.85. The van der Waals surface area contributed by atoms with E-state index >= 15 is 0 Å². The second kappa shape index (κ2) is 8.29. The Morgan fingerprint density at radius 2 is 2.32 bits per heavy atom. The summed E-state index contributed by atoms with van der Waals surface area (Å²) in [6, 6.07) is -0.193. The van der Waals surface area contributed by atoms with Crippen LogP contribution in [0.15, 0.2) is 17.3 Å². The summed E-state index contributed by atoms with van der Waals surface area (Å²) in [7, 11) is 0. The lowest BCUT2D eigenvalue weighted by Gasteiger charge is -2.09. The molecule has 1 unspecified atom stereocenters. The van der Waals surface area contributed by atoms with Crippen LogP contribution < -0.4 is 16.1 Å². The van der Waals surface area contributed by atoms with Crippen LogP contribution >= 0.6 is 0 Å². The molecule has 0 fully saturated rings. The van der Waals surface area contributed by atoms with Crippen molar-refractivity contribution in [3.8, 4) is 0 Å². The van der Waals surface area contributed by atoms with Gasteiger partial charge in [0.15, 0.2) is 0 Å². The zero-order chi connectivity index (χ0) is 14.1. The molecule has 3 N–H and O–H groups in total. The first-order valence-electron chi connectivity index (χ1n) is 6.65. The van der Waals surface area contributed by atoms with E-state index in [9.17, 15) is 9.59 Å². The fourth-order valence-corrected chi connectivity index (χ4v) is 1.78. The minimum Gasteiger partial charge on any atom is -0.338 e. The Morgan fingerprint density at radius 3 is 2.95 bits per heavy atom. The van der Waals surface area contributed by atoms with Crippen LogP contribution in [0.2, 0.25) is 0 Å². The van der Waals surface area contributed by atoms with E-state index in [2.05, 4.69) is 34.7 Å². The summed E-state index contributed by atoms with van der Waals surface area (Å²) in [5.41, 5.74) is 3.41. The molecule has 1 atom stereocenters. The SMILES string of the molecule is C=C(CCC)CNC(=O)NCCCC1C=NNC1=O. The average molecular weight is 266 g/mol. The van der Waals surface area contributed by atoms with Crippen molar-refractivity contribution in [2.24, 2.45) is 11.0 Å². The monoisotopic (exact) mass is 266 g/mol. The molecule has 1 aliphatic heterocycles. The second-order valence-corrected chi connectivity index (χ2v) is 4.61. The van der Waals surface area contributed by atoms with Crippen LogP contribution in [0.25, 0.3) is 0 Å². The molecule has 0 bridgehead atoms. The highest BCUT2D eigenvalue weighted by Crippen LogP contribution is 2.07. The number of carbonyl (C=O) groups is 2. The fourth-order valence-electron chi connectivity index (χ4n) is 1.78. The number of amides is 3. The molecule has 0 spiro atoms. The normalized spacial score (nSPS) is 17.1. The zero-order valence-corrected chi connectivity index (χ0v) is 11.4. The average Bonchev–Trinajstić information content (AvgIpc) is 2.78. The summed E-state index contributed by atoms with van der Waals surface area (Å²) < 4.78 is 0. The minimum atomic E-state index is -0.193. The van der Waals surface area contributed by atoms with Crippen LogP contribution in [0.4, 0.5) is 4.79 Å². The van der Waals surface area contributed by atoms with Crippen LogP contribution in [0.3, 0.4) is 0 Å². The van der Waals surface area contributed by atoms with Gasteiger partial charge in [0.05, 0.1) is 5.92 Å². The summed E-state index contributed by atoms with van der Waals surface area (Å²) in [5.74, 6) is -0.227. The van der Waals surface area contributed by atoms with Gasteiger partial charge in [-0.25, -0.2) is 10.2 Å². The van der Waals surface area contributed by atoms with Gasteiger partial charge in [0.2, 0.25) is 5.91 Å². The molecule has 0 saturated carbocycles. The van der Waals surface area contributed by atoms with Gasteiger partial charge in [-0.3, -0.25) is 4.79 Å². The quantitative estimate of drug-likeness (QED) is 0.455. The first-order valence-corrected chi connectivity index (χ1v) is 6.65. The Kier molecular flexibility index (Phi) is 6.63. The summed E-state index contributed by atoms with van der Waals surface area (Å²) >= 11 is 0. The molecule has 0 aromatic heterocycles. The van der Waals surface area contributed by atoms with E-state index in [0.717, 1.165) is 24.8 Å². The summed E-state index contributed by atoms with van der Waals surface area (Å²) in [6.45, 7) is 7.01. The number of carbonyl (C=O) groups excluding carboxylic acids is 2. The molecule has 3 amide bonds. The third-order valence-corrected chi connectivity index (χ3v) is 2.85. The number of hydrogen-bond donors (Lipinski definition) is 3. The van der Waals surface area contributed by atoms with E-state index in [4.69, 9.17) is 0 Å². The van der Waals surface area contributed by atoms with Crippen molar-refractivity contribution in [1.29, 1.82) is 0 Å². The molecular weight excluding hydrogens is 244 g/mol. The number of nitrogens with one attached hydrogen (secondary N) is 3. The Bertz CT molecular complexity index is 366. The lowest BCUT2D eigenvalue weighted by Crippen LogP contribution is -2.37. The van der Waals surface area contributed by atoms with Gasteiger partial charge in [-0.2, -0.15) is 5.10 Å². The van der Waals surface area contributed by atoms with Gasteiger partial charge >= 0.3 is 6.03 Å². The van der Waals surface area contributed by atoms with E-state index in [1.807, 2.05) is 0 Å². The maximum Gasteiger partial charge on any atom is 0.315 e. The molecule has 106 valence electrons. The third kappa shape index (κ3) is 6.03. The van der Waals surface area contributed by atoms with Crippen molar-refractivity contribution >= 4 is 18.2 Å². The van der Waals surface area contributed by atoms with Crippen LogP contribution in [-0.2, 0) is 4.79 Å². The smallest absolute Gasteiger partial charge is 0.315 e. The van der Waals surface area contributed by atoms with Crippen LogP contribution in [0, 0.1) is 5.92 Å². The lowest BCUT2D eigenvalue weighted by molar-refractivity contribution is -0.122. The van der Waals surface area contributed by atoms with E-state index in [0.29, 0.717) is 19.5 Å². The van der Waals surface area contributed by atoms with Gasteiger partial charge in [0.1, 0.15) is 0 Å². The second-order valence-electron chi connectivity index (χ2n) is 4.61. The Balaban J connectivity index is 2.02. The molecule has 19 heavy (non-hydrogen) atoms. The highest BCUT2D eigenvalue weighted by Gasteiger charge is 2.19. The van der Waals surface area contributed by atoms with E-state index in [1.165, 1.54) is 0 Å². The van der Waals surface area contributed by atoms with E-state index in [1.54, 1.807) is 6.21 Å². The van der Waals surface area contributed by atoms with Crippen molar-refractivity contribution < 1.29 is 9.59 Å². The van der Waals surface area contributed by atoms with E-state index < -0.39 is 0 Å². The highest BCUT2D eigenvalue weighted by molar-refractivity contribution is 5.97. The maximum atomic E-state index is 11.4. The number of nitrogens with zero attached hydrogens (tertiary/aromatic N) is 1. The van der Waals surface area contributed by atoms with Crippen molar-refractivity contribution in [3.05, 3.63) is 12.2 Å². The number of rotatable bonds is 8. The first-order chi connectivity index (χ1) is 9.13. The zero-order valence-electron chi connectivity index (χ0n) is 11.4. The Labute approximate surface area is 113 Å². The molecule has 0 aliphatic carbocycles. The topological polar surface area (TPSA) is 82.6 Å². The highest BCUT2D eigenvalue weighted by atomic mass is 16.2. The van der Waals surface area contributed by atoms with Crippen molar-refractivity contribution in [1.82, 2.24) is 16.1 Å². The Morgan fingerprint density at radius 1 is 1.53 bits per heavy atom. The van der Waals surface area contributed by atoms with Crippen LogP contribution in [0.1, 0.15) is 32.6 Å². The van der Waals surface area contributed by atoms with Gasteiger partial charge in [0.25, 0.3) is 0 Å². The largest absolute Gasteiger partial charge is 0.338 e. The number of hydrazone groups is 1. The first kappa shape index (κ1) is 15.2. The van der Waals surface area contributed by atoms with E-state index in [-0.39, 0.29) is 17.9 Å². The van der Waals surface area contributed by atoms with Crippen molar-refractivity contribution in [2.45, 2.75) is 32.6 Å². The molecule has 0 saturated heterocycles. The Hall–Kier alpha value is -1.85. The molecular formula is C13H22N4O2. The summed E-state index contributed by atoms with van der Waals surface area (Å²) in [4.78, 5) is 22.6. The molecule has 1 aliphatic rings. The van der Waals surface area contributed by atoms with Crippen molar-refractivity contribution in [3.63, 3.8) is 0 Å². The van der Waals surface area contributed by atoms with Gasteiger partial charge in [0, 0.05) is 19.3 Å². The van der Waals surface area contributed by atoms with Gasteiger partial charge in [-0.05, 0) is 19.3 Å². The molecule has 6 nitrogen and oxygen atoms in total. The van der Waals surface area contributed by atoms with Crippen molar-refractivity contribution in [2.75, 3.05) is 13.1 Å². The predicted molar refractivity (Wildman–Crippen MR) is 74.8 cm³/mol. The summed E-state index contributed by atoms with van der Waals surface area (Å²) in [5, 5.41) is 9.19. The maximum absolute atomic E-state index is 11.4. The van der Waals surface area contributed by atoms with Crippen LogP contribution in [-0.4, -0.2) is 31.2 Å². The van der Waals surface area contributed by atoms with Crippen LogP contribution in [0.5, 0.6) is 0 Å². The predicted octanol–water partition coefficient (Wildman–Crippen LogP) is 1.15. The fraction of sp³-hybridized carbons (Fsp3) is 0.615. The lowest BCUT2D eigenvalue weighted by atomic mass is 10.1. The molecule has 0 radical (unpaired) electrons. The number of urea groups is 1. The number of hydrogen-bond acceptors (Lipinski definition) is 3.